The van der Waals surface area contributed by atoms with Crippen LogP contribution in [0.3, 0.4) is 0 Å². The third kappa shape index (κ3) is 4.97. The number of carbonyl (C=O) groups excluding carboxylic acids is 2. The van der Waals surface area contributed by atoms with Crippen LogP contribution in [0, 0.1) is 0 Å². The van der Waals surface area contributed by atoms with Crippen molar-refractivity contribution in [3.63, 3.8) is 0 Å². The minimum Gasteiger partial charge on any atom is -0.462 e. The van der Waals surface area contributed by atoms with E-state index in [1.54, 1.807) is 45.0 Å². The smallest absolute Gasteiger partial charge is 0.343 e. The minimum absolute atomic E-state index is 0.274. The highest BCUT2D eigenvalue weighted by Crippen LogP contribution is 2.30. The number of ether oxygens (including phenoxy) is 3. The summed E-state index contributed by atoms with van der Waals surface area (Å²) in [5.41, 5.74) is 2.57. The SMILES string of the molecule is CCOC(=O)c1cc2cccc(CC)c2nc1-c1ccc(OC(=O)C(C)(C)OCC)cc1. The van der Waals surface area contributed by atoms with Crippen LogP contribution in [0.15, 0.2) is 48.5 Å². The van der Waals surface area contributed by atoms with E-state index in [0.717, 1.165) is 28.5 Å². The number of esters is 2. The highest BCUT2D eigenvalue weighted by Gasteiger charge is 2.30. The topological polar surface area (TPSA) is 74.7 Å². The number of pyridine rings is 1. The van der Waals surface area contributed by atoms with Gasteiger partial charge in [-0.1, -0.05) is 25.1 Å². The molecule has 6 heteroatoms. The monoisotopic (exact) mass is 435 g/mol. The number of fused-ring (bicyclic) bond motifs is 1. The van der Waals surface area contributed by atoms with Crippen molar-refractivity contribution in [2.24, 2.45) is 0 Å². The summed E-state index contributed by atoms with van der Waals surface area (Å²) < 4.78 is 16.2. The molecular formula is C26H29NO5. The van der Waals surface area contributed by atoms with E-state index in [2.05, 4.69) is 6.92 Å². The molecule has 1 aromatic heterocycles. The third-order valence-corrected chi connectivity index (χ3v) is 5.14. The molecule has 0 amide bonds. The zero-order valence-corrected chi connectivity index (χ0v) is 19.2. The fourth-order valence-corrected chi connectivity index (χ4v) is 3.46. The van der Waals surface area contributed by atoms with Crippen LogP contribution in [-0.2, 0) is 20.7 Å². The van der Waals surface area contributed by atoms with Crippen molar-refractivity contribution in [2.45, 2.75) is 46.6 Å². The molecule has 0 aliphatic rings. The van der Waals surface area contributed by atoms with E-state index in [0.29, 0.717) is 23.6 Å². The molecule has 0 saturated carbocycles. The number of nitrogens with zero attached hydrogens (tertiary/aromatic N) is 1. The summed E-state index contributed by atoms with van der Waals surface area (Å²) in [6.45, 7) is 9.69. The molecule has 0 aliphatic carbocycles. The predicted molar refractivity (Wildman–Crippen MR) is 124 cm³/mol. The maximum Gasteiger partial charge on any atom is 0.343 e. The maximum atomic E-state index is 12.7. The summed E-state index contributed by atoms with van der Waals surface area (Å²) in [6.07, 6.45) is 0.826. The van der Waals surface area contributed by atoms with Gasteiger partial charge in [-0.2, -0.15) is 0 Å². The Morgan fingerprint density at radius 3 is 2.31 bits per heavy atom. The molecule has 0 radical (unpaired) electrons. The molecule has 3 aromatic rings. The second kappa shape index (κ2) is 9.92. The van der Waals surface area contributed by atoms with Crippen molar-refractivity contribution < 1.29 is 23.8 Å². The van der Waals surface area contributed by atoms with Crippen molar-refractivity contribution >= 4 is 22.8 Å². The lowest BCUT2D eigenvalue weighted by Crippen LogP contribution is -2.38. The van der Waals surface area contributed by atoms with Crippen LogP contribution >= 0.6 is 0 Å². The summed E-state index contributed by atoms with van der Waals surface area (Å²) >= 11 is 0. The fourth-order valence-electron chi connectivity index (χ4n) is 3.46. The zero-order chi connectivity index (χ0) is 23.3. The molecule has 2 aromatic carbocycles. The molecule has 1 heterocycles. The first-order chi connectivity index (χ1) is 15.3. The normalized spacial score (nSPS) is 11.4. The molecule has 168 valence electrons. The van der Waals surface area contributed by atoms with Gasteiger partial charge in [0.15, 0.2) is 5.60 Å². The minimum atomic E-state index is -1.04. The molecule has 32 heavy (non-hydrogen) atoms. The Bertz CT molecular complexity index is 1120. The van der Waals surface area contributed by atoms with Gasteiger partial charge in [-0.05, 0) is 70.0 Å². The first-order valence-corrected chi connectivity index (χ1v) is 10.9. The number of para-hydroxylation sites is 1. The zero-order valence-electron chi connectivity index (χ0n) is 19.2. The van der Waals surface area contributed by atoms with Crippen molar-refractivity contribution in [2.75, 3.05) is 13.2 Å². The lowest BCUT2D eigenvalue weighted by Gasteiger charge is -2.22. The average Bonchev–Trinajstić information content (AvgIpc) is 2.78. The van der Waals surface area contributed by atoms with Crippen molar-refractivity contribution in [1.29, 1.82) is 0 Å². The summed E-state index contributed by atoms with van der Waals surface area (Å²) in [5, 5.41) is 0.889. The highest BCUT2D eigenvalue weighted by molar-refractivity contribution is 6.01. The average molecular weight is 436 g/mol. The fraction of sp³-hybridized carbons (Fsp3) is 0.346. The van der Waals surface area contributed by atoms with Crippen LogP contribution in [0.1, 0.15) is 50.5 Å². The Labute approximate surface area is 188 Å². The van der Waals surface area contributed by atoms with E-state index in [9.17, 15) is 9.59 Å². The van der Waals surface area contributed by atoms with Gasteiger partial charge in [0.25, 0.3) is 0 Å². The van der Waals surface area contributed by atoms with Gasteiger partial charge in [-0.25, -0.2) is 14.6 Å². The van der Waals surface area contributed by atoms with E-state index in [1.165, 1.54) is 0 Å². The van der Waals surface area contributed by atoms with Crippen LogP contribution < -0.4 is 4.74 Å². The van der Waals surface area contributed by atoms with E-state index < -0.39 is 17.5 Å². The summed E-state index contributed by atoms with van der Waals surface area (Å²) in [4.78, 5) is 29.9. The van der Waals surface area contributed by atoms with Crippen molar-refractivity contribution in [1.82, 2.24) is 4.98 Å². The molecule has 3 rings (SSSR count). The van der Waals surface area contributed by atoms with E-state index in [1.807, 2.05) is 31.2 Å². The number of benzene rings is 2. The lowest BCUT2D eigenvalue weighted by atomic mass is 10.0. The Morgan fingerprint density at radius 1 is 0.969 bits per heavy atom. The Balaban J connectivity index is 2.01. The summed E-state index contributed by atoms with van der Waals surface area (Å²) in [5.74, 6) is -0.511. The molecule has 0 aliphatic heterocycles. The number of aryl methyl sites for hydroxylation is 1. The van der Waals surface area contributed by atoms with Crippen LogP contribution in [0.4, 0.5) is 0 Å². The third-order valence-electron chi connectivity index (χ3n) is 5.14. The molecule has 0 atom stereocenters. The van der Waals surface area contributed by atoms with E-state index in [-0.39, 0.29) is 6.61 Å². The quantitative estimate of drug-likeness (QED) is 0.350. The molecule has 0 N–H and O–H groups in total. The number of aromatic nitrogens is 1. The molecule has 6 nitrogen and oxygen atoms in total. The molecule has 0 fully saturated rings. The second-order valence-corrected chi connectivity index (χ2v) is 7.80. The molecule has 0 spiro atoms. The highest BCUT2D eigenvalue weighted by atomic mass is 16.6. The standard InChI is InChI=1S/C26H29NO5/c1-6-17-10-9-11-19-16-21(24(28)30-7-2)23(27-22(17)19)18-12-14-20(15-13-18)32-25(29)26(4,5)31-8-3/h9-16H,6-8H2,1-5H3. The first kappa shape index (κ1) is 23.4. The van der Waals surface area contributed by atoms with Gasteiger partial charge in [0, 0.05) is 17.6 Å². The lowest BCUT2D eigenvalue weighted by molar-refractivity contribution is -0.157. The van der Waals surface area contributed by atoms with Crippen molar-refractivity contribution in [3.05, 3.63) is 59.7 Å². The van der Waals surface area contributed by atoms with Gasteiger partial charge < -0.3 is 14.2 Å². The molecule has 0 bridgehead atoms. The van der Waals surface area contributed by atoms with Gasteiger partial charge in [0.05, 0.1) is 23.4 Å². The van der Waals surface area contributed by atoms with Gasteiger partial charge in [-0.3, -0.25) is 0 Å². The molecule has 0 unspecified atom stereocenters. The van der Waals surface area contributed by atoms with Crippen LogP contribution in [-0.4, -0.2) is 35.7 Å². The van der Waals surface area contributed by atoms with E-state index >= 15 is 0 Å². The van der Waals surface area contributed by atoms with Crippen LogP contribution in [0.25, 0.3) is 22.2 Å². The van der Waals surface area contributed by atoms with E-state index in [4.69, 9.17) is 19.2 Å². The summed E-state index contributed by atoms with van der Waals surface area (Å²) in [7, 11) is 0. The van der Waals surface area contributed by atoms with Gasteiger partial charge in [0.2, 0.25) is 0 Å². The van der Waals surface area contributed by atoms with Gasteiger partial charge >= 0.3 is 11.9 Å². The van der Waals surface area contributed by atoms with Crippen LogP contribution in [0.2, 0.25) is 0 Å². The number of rotatable bonds is 8. The first-order valence-electron chi connectivity index (χ1n) is 10.9. The van der Waals surface area contributed by atoms with Crippen molar-refractivity contribution in [3.8, 4) is 17.0 Å². The summed E-state index contributed by atoms with van der Waals surface area (Å²) in [6, 6.07) is 14.7. The number of carbonyl (C=O) groups is 2. The number of hydrogen-bond acceptors (Lipinski definition) is 6. The maximum absolute atomic E-state index is 12.7. The Morgan fingerprint density at radius 2 is 1.69 bits per heavy atom. The number of hydrogen-bond donors (Lipinski definition) is 0. The molecular weight excluding hydrogens is 406 g/mol. The Hall–Kier alpha value is -3.25. The van der Waals surface area contributed by atoms with Gasteiger partial charge in [0.1, 0.15) is 5.75 Å². The van der Waals surface area contributed by atoms with Gasteiger partial charge in [-0.15, -0.1) is 0 Å². The molecule has 0 saturated heterocycles. The largest absolute Gasteiger partial charge is 0.462 e. The Kier molecular flexibility index (Phi) is 7.26. The van der Waals surface area contributed by atoms with Crippen LogP contribution in [0.5, 0.6) is 5.75 Å². The second-order valence-electron chi connectivity index (χ2n) is 7.80. The predicted octanol–water partition coefficient (Wildman–Crippen LogP) is 5.36.